The van der Waals surface area contributed by atoms with Gasteiger partial charge in [0.15, 0.2) is 0 Å². The van der Waals surface area contributed by atoms with Crippen molar-refractivity contribution < 1.29 is 4.79 Å². The molecule has 0 saturated heterocycles. The molecule has 0 unspecified atom stereocenters. The van der Waals surface area contributed by atoms with Gasteiger partial charge >= 0.3 is 0 Å². The van der Waals surface area contributed by atoms with Gasteiger partial charge in [-0.2, -0.15) is 0 Å². The number of halogens is 1. The van der Waals surface area contributed by atoms with Gasteiger partial charge in [0.2, 0.25) is 0 Å². The molecule has 2 heterocycles. The number of fused-ring (bicyclic) bond motifs is 1. The second-order valence-corrected chi connectivity index (χ2v) is 4.62. The molecular weight excluding hydrogens is 276 g/mol. The van der Waals surface area contributed by atoms with Gasteiger partial charge in [-0.3, -0.25) is 14.8 Å². The zero-order valence-electron chi connectivity index (χ0n) is 10.2. The molecule has 0 aliphatic carbocycles. The molecule has 98 valence electrons. The van der Waals surface area contributed by atoms with Crippen LogP contribution in [0.15, 0.2) is 42.9 Å². The van der Waals surface area contributed by atoms with Crippen LogP contribution in [0.2, 0.25) is 5.02 Å². The van der Waals surface area contributed by atoms with Gasteiger partial charge in [-0.25, -0.2) is 4.98 Å². The second kappa shape index (κ2) is 4.86. The first-order valence-corrected chi connectivity index (χ1v) is 6.19. The highest BCUT2D eigenvalue weighted by Crippen LogP contribution is 2.26. The average molecular weight is 285 g/mol. The minimum atomic E-state index is -0.613. The van der Waals surface area contributed by atoms with E-state index in [0.29, 0.717) is 16.1 Å². The average Bonchev–Trinajstić information content (AvgIpc) is 2.47. The molecular formula is C14H9ClN4O. The number of hydrogen-bond donors (Lipinski definition) is 1. The zero-order valence-corrected chi connectivity index (χ0v) is 11.0. The van der Waals surface area contributed by atoms with Crippen molar-refractivity contribution in [1.82, 2.24) is 15.0 Å². The number of aromatic nitrogens is 3. The first-order chi connectivity index (χ1) is 9.65. The quantitative estimate of drug-likeness (QED) is 0.783. The summed E-state index contributed by atoms with van der Waals surface area (Å²) >= 11 is 5.88. The summed E-state index contributed by atoms with van der Waals surface area (Å²) in [4.78, 5) is 23.8. The Balaban J connectivity index is 2.26. The summed E-state index contributed by atoms with van der Waals surface area (Å²) in [6.45, 7) is 0. The van der Waals surface area contributed by atoms with Crippen LogP contribution in [0.3, 0.4) is 0 Å². The largest absolute Gasteiger partial charge is 0.364 e. The van der Waals surface area contributed by atoms with E-state index in [-0.39, 0.29) is 5.69 Å². The molecule has 0 fully saturated rings. The number of amides is 1. The van der Waals surface area contributed by atoms with Crippen molar-refractivity contribution in [1.29, 1.82) is 0 Å². The molecule has 0 saturated carbocycles. The highest BCUT2D eigenvalue weighted by Gasteiger charge is 2.10. The number of carbonyl (C=O) groups is 1. The fourth-order valence-corrected chi connectivity index (χ4v) is 2.02. The second-order valence-electron chi connectivity index (χ2n) is 4.18. The van der Waals surface area contributed by atoms with Gasteiger partial charge in [0.05, 0.1) is 12.4 Å². The monoisotopic (exact) mass is 284 g/mol. The Bertz CT molecular complexity index is 802. The van der Waals surface area contributed by atoms with Crippen LogP contribution < -0.4 is 5.73 Å². The summed E-state index contributed by atoms with van der Waals surface area (Å²) in [6.07, 6.45) is 4.61. The first-order valence-electron chi connectivity index (χ1n) is 5.81. The van der Waals surface area contributed by atoms with Crippen LogP contribution in [-0.4, -0.2) is 20.9 Å². The summed E-state index contributed by atoms with van der Waals surface area (Å²) in [5.74, 6) is -0.613. The minimum Gasteiger partial charge on any atom is -0.364 e. The van der Waals surface area contributed by atoms with Gasteiger partial charge in [0.25, 0.3) is 5.91 Å². The van der Waals surface area contributed by atoms with Crippen molar-refractivity contribution in [3.63, 3.8) is 0 Å². The Kier molecular flexibility index (Phi) is 3.04. The third-order valence-electron chi connectivity index (χ3n) is 2.86. The van der Waals surface area contributed by atoms with Gasteiger partial charge in [-0.1, -0.05) is 23.7 Å². The summed E-state index contributed by atoms with van der Waals surface area (Å²) < 4.78 is 0. The number of nitrogens with zero attached hydrogens (tertiary/aromatic N) is 3. The fraction of sp³-hybridized carbons (Fsp3) is 0. The molecule has 2 aromatic heterocycles. The molecule has 0 spiro atoms. The highest BCUT2D eigenvalue weighted by molar-refractivity contribution is 6.30. The summed E-state index contributed by atoms with van der Waals surface area (Å²) in [7, 11) is 0. The van der Waals surface area contributed by atoms with Gasteiger partial charge < -0.3 is 5.73 Å². The number of benzene rings is 1. The van der Waals surface area contributed by atoms with Crippen LogP contribution in [0, 0.1) is 0 Å². The third-order valence-corrected chi connectivity index (χ3v) is 3.12. The molecule has 0 bridgehead atoms. The molecule has 5 nitrogen and oxygen atoms in total. The smallest absolute Gasteiger partial charge is 0.268 e. The Morgan fingerprint density at radius 2 is 1.85 bits per heavy atom. The van der Waals surface area contributed by atoms with Crippen molar-refractivity contribution >= 4 is 28.5 Å². The first kappa shape index (κ1) is 12.5. The van der Waals surface area contributed by atoms with Crippen LogP contribution in [0.1, 0.15) is 10.5 Å². The lowest BCUT2D eigenvalue weighted by Gasteiger charge is -2.06. The van der Waals surface area contributed by atoms with Crippen molar-refractivity contribution in [3.05, 3.63) is 53.6 Å². The standard InChI is InChI=1S/C14H9ClN4O/c15-9-3-1-8(2-4-9)10-5-17-6-11-13(10)19-12(7-18-11)14(16)20/h1-7H,(H2,16,20). The Morgan fingerprint density at radius 1 is 1.10 bits per heavy atom. The molecule has 1 amide bonds. The van der Waals surface area contributed by atoms with E-state index in [4.69, 9.17) is 17.3 Å². The molecule has 0 radical (unpaired) electrons. The number of carbonyl (C=O) groups excluding carboxylic acids is 1. The number of pyridine rings is 1. The molecule has 20 heavy (non-hydrogen) atoms. The predicted octanol–water partition coefficient (Wildman–Crippen LogP) is 2.44. The van der Waals surface area contributed by atoms with Crippen LogP contribution in [0.25, 0.3) is 22.2 Å². The summed E-state index contributed by atoms with van der Waals surface area (Å²) in [5, 5.41) is 0.644. The maximum absolute atomic E-state index is 11.2. The lowest BCUT2D eigenvalue weighted by Crippen LogP contribution is -2.13. The van der Waals surface area contributed by atoms with E-state index < -0.39 is 5.91 Å². The van der Waals surface area contributed by atoms with Gasteiger partial charge in [0, 0.05) is 16.8 Å². The Hall–Kier alpha value is -2.53. The van der Waals surface area contributed by atoms with Crippen molar-refractivity contribution in [2.45, 2.75) is 0 Å². The fourth-order valence-electron chi connectivity index (χ4n) is 1.89. The zero-order chi connectivity index (χ0) is 14.1. The predicted molar refractivity (Wildman–Crippen MR) is 76.3 cm³/mol. The van der Waals surface area contributed by atoms with Crippen LogP contribution in [0.4, 0.5) is 0 Å². The summed E-state index contributed by atoms with van der Waals surface area (Å²) in [5.41, 5.74) is 8.21. The number of nitrogens with two attached hydrogens (primary N) is 1. The maximum atomic E-state index is 11.2. The van der Waals surface area contributed by atoms with Crippen LogP contribution in [0.5, 0.6) is 0 Å². The van der Waals surface area contributed by atoms with Crippen molar-refractivity contribution in [2.24, 2.45) is 5.73 Å². The Labute approximate surface area is 119 Å². The molecule has 0 aliphatic heterocycles. The number of hydrogen-bond acceptors (Lipinski definition) is 4. The van der Waals surface area contributed by atoms with E-state index in [0.717, 1.165) is 11.1 Å². The topological polar surface area (TPSA) is 81.8 Å². The normalized spacial score (nSPS) is 10.7. The van der Waals surface area contributed by atoms with Gasteiger partial charge in [0.1, 0.15) is 16.7 Å². The third kappa shape index (κ3) is 2.19. The molecule has 1 aromatic carbocycles. The van der Waals surface area contributed by atoms with E-state index in [1.165, 1.54) is 6.20 Å². The lowest BCUT2D eigenvalue weighted by atomic mass is 10.1. The molecule has 0 aliphatic rings. The van der Waals surface area contributed by atoms with Gasteiger partial charge in [-0.15, -0.1) is 0 Å². The minimum absolute atomic E-state index is 0.124. The number of rotatable bonds is 2. The molecule has 0 atom stereocenters. The van der Waals surface area contributed by atoms with E-state index >= 15 is 0 Å². The summed E-state index contributed by atoms with van der Waals surface area (Å²) in [6, 6.07) is 7.27. The van der Waals surface area contributed by atoms with Crippen LogP contribution in [-0.2, 0) is 0 Å². The van der Waals surface area contributed by atoms with E-state index in [1.807, 2.05) is 12.1 Å². The lowest BCUT2D eigenvalue weighted by molar-refractivity contribution is 0.0995. The highest BCUT2D eigenvalue weighted by atomic mass is 35.5. The van der Waals surface area contributed by atoms with E-state index in [9.17, 15) is 4.79 Å². The van der Waals surface area contributed by atoms with Crippen LogP contribution >= 0.6 is 11.6 Å². The SMILES string of the molecule is NC(=O)c1cnc2cncc(-c3ccc(Cl)cc3)c2n1. The Morgan fingerprint density at radius 3 is 2.55 bits per heavy atom. The number of primary amides is 1. The maximum Gasteiger partial charge on any atom is 0.268 e. The van der Waals surface area contributed by atoms with E-state index in [2.05, 4.69) is 15.0 Å². The van der Waals surface area contributed by atoms with E-state index in [1.54, 1.807) is 24.5 Å². The van der Waals surface area contributed by atoms with Crippen molar-refractivity contribution in [2.75, 3.05) is 0 Å². The molecule has 3 aromatic rings. The molecule has 6 heteroatoms. The molecule has 2 N–H and O–H groups in total. The molecule has 3 rings (SSSR count). The van der Waals surface area contributed by atoms with Crippen molar-refractivity contribution in [3.8, 4) is 11.1 Å². The van der Waals surface area contributed by atoms with Gasteiger partial charge in [-0.05, 0) is 17.7 Å².